The van der Waals surface area contributed by atoms with Gasteiger partial charge in [-0.15, -0.1) is 0 Å². The molecule has 31 heavy (non-hydrogen) atoms. The number of nitrogens with zero attached hydrogens (tertiary/aromatic N) is 2. The molecule has 2 aromatic carbocycles. The first-order valence-corrected chi connectivity index (χ1v) is 9.42. The van der Waals surface area contributed by atoms with Crippen molar-refractivity contribution in [2.24, 2.45) is 0 Å². The molecule has 3 aromatic rings. The number of rotatable bonds is 4. The van der Waals surface area contributed by atoms with Crippen molar-refractivity contribution in [1.82, 2.24) is 9.78 Å². The lowest BCUT2D eigenvalue weighted by molar-refractivity contribution is -0.173. The number of methoxy groups -OCH3 is 1. The third-order valence-corrected chi connectivity index (χ3v) is 5.04. The maximum atomic E-state index is 13.8. The Kier molecular flexibility index (Phi) is 5.22. The van der Waals surface area contributed by atoms with Gasteiger partial charge in [-0.3, -0.25) is 4.79 Å². The number of carbonyl (C=O) groups excluding carboxylic acids is 1. The monoisotopic (exact) mass is 432 g/mol. The van der Waals surface area contributed by atoms with E-state index in [9.17, 15) is 23.1 Å². The van der Waals surface area contributed by atoms with Crippen LogP contribution in [0.3, 0.4) is 0 Å². The minimum atomic E-state index is -4.55. The van der Waals surface area contributed by atoms with Crippen LogP contribution < -0.4 is 15.4 Å². The fourth-order valence-electron chi connectivity index (χ4n) is 3.52. The summed E-state index contributed by atoms with van der Waals surface area (Å²) in [5.41, 5.74) is 0.788. The van der Waals surface area contributed by atoms with Gasteiger partial charge in [0.25, 0.3) is 5.91 Å². The number of hydrogen-bond donors (Lipinski definition) is 3. The van der Waals surface area contributed by atoms with Crippen molar-refractivity contribution in [1.29, 1.82) is 0 Å². The summed E-state index contributed by atoms with van der Waals surface area (Å²) in [5.74, 6) is -0.0439. The van der Waals surface area contributed by atoms with Crippen LogP contribution in [0.2, 0.25) is 0 Å². The van der Waals surface area contributed by atoms with E-state index >= 15 is 0 Å². The molecule has 0 saturated carbocycles. The van der Waals surface area contributed by atoms with Crippen molar-refractivity contribution >= 4 is 17.4 Å². The highest BCUT2D eigenvalue weighted by Crippen LogP contribution is 2.43. The van der Waals surface area contributed by atoms with E-state index in [-0.39, 0.29) is 23.7 Å². The van der Waals surface area contributed by atoms with Crippen LogP contribution in [-0.2, 0) is 0 Å². The third kappa shape index (κ3) is 4.27. The number of ether oxygens (including phenoxy) is 1. The van der Waals surface area contributed by atoms with Gasteiger partial charge in [-0.2, -0.15) is 18.3 Å². The Labute approximate surface area is 175 Å². The summed E-state index contributed by atoms with van der Waals surface area (Å²) in [6.07, 6.45) is -4.83. The van der Waals surface area contributed by atoms with E-state index in [4.69, 9.17) is 4.74 Å². The van der Waals surface area contributed by atoms with Crippen LogP contribution in [0.1, 0.15) is 34.6 Å². The number of anilines is 2. The van der Waals surface area contributed by atoms with E-state index in [1.54, 1.807) is 30.3 Å². The number of fused-ring (bicyclic) bond motifs is 1. The summed E-state index contributed by atoms with van der Waals surface area (Å²) < 4.78 is 47.3. The normalized spacial score (nSPS) is 18.1. The molecule has 1 aliphatic heterocycles. The molecule has 3 N–H and O–H groups in total. The van der Waals surface area contributed by atoms with Gasteiger partial charge in [0.05, 0.1) is 13.2 Å². The number of benzene rings is 2. The molecule has 2 unspecified atom stereocenters. The van der Waals surface area contributed by atoms with E-state index in [0.717, 1.165) is 4.68 Å². The standard InChI is InChI=1S/C21H19F3N4O3/c1-31-15-7-5-12(6-8-15)16-10-18(21(22,23)24)28-19(26-16)11-17(27-28)20(30)25-13-3-2-4-14(29)9-13/h2-9,11,16,18,26,29H,10H2,1H3,(H,25,30). The Bertz CT molecular complexity index is 1100. The quantitative estimate of drug-likeness (QED) is 0.565. The van der Waals surface area contributed by atoms with Crippen LogP contribution in [0.5, 0.6) is 11.5 Å². The van der Waals surface area contributed by atoms with Gasteiger partial charge < -0.3 is 20.5 Å². The van der Waals surface area contributed by atoms with Gasteiger partial charge in [-0.25, -0.2) is 4.68 Å². The van der Waals surface area contributed by atoms with Crippen LogP contribution in [0.25, 0.3) is 0 Å². The van der Waals surface area contributed by atoms with Gasteiger partial charge in [0.15, 0.2) is 11.7 Å². The Morgan fingerprint density at radius 3 is 2.61 bits per heavy atom. The zero-order valence-electron chi connectivity index (χ0n) is 16.3. The molecule has 162 valence electrons. The second-order valence-corrected chi connectivity index (χ2v) is 7.13. The summed E-state index contributed by atoms with van der Waals surface area (Å²) in [7, 11) is 1.51. The van der Waals surface area contributed by atoms with Gasteiger partial charge >= 0.3 is 6.18 Å². The van der Waals surface area contributed by atoms with Gasteiger partial charge in [0.2, 0.25) is 0 Å². The molecule has 0 spiro atoms. The van der Waals surface area contributed by atoms with Crippen LogP contribution in [-0.4, -0.2) is 34.1 Å². The predicted molar refractivity (Wildman–Crippen MR) is 107 cm³/mol. The van der Waals surface area contributed by atoms with Crippen LogP contribution in [0, 0.1) is 0 Å². The molecule has 1 amide bonds. The Balaban J connectivity index is 1.63. The Hall–Kier alpha value is -3.69. The number of alkyl halides is 3. The van der Waals surface area contributed by atoms with Crippen LogP contribution in [0.4, 0.5) is 24.7 Å². The Morgan fingerprint density at radius 2 is 1.97 bits per heavy atom. The highest BCUT2D eigenvalue weighted by Gasteiger charge is 2.46. The zero-order chi connectivity index (χ0) is 22.2. The number of halogens is 3. The van der Waals surface area contributed by atoms with Gasteiger partial charge in [0.1, 0.15) is 17.3 Å². The molecule has 0 radical (unpaired) electrons. The first-order chi connectivity index (χ1) is 14.7. The molecule has 10 heteroatoms. The second kappa shape index (κ2) is 7.86. The van der Waals surface area contributed by atoms with Crippen LogP contribution in [0.15, 0.2) is 54.6 Å². The molecule has 1 aromatic heterocycles. The van der Waals surface area contributed by atoms with Crippen molar-refractivity contribution in [3.8, 4) is 11.5 Å². The summed E-state index contributed by atoms with van der Waals surface area (Å²) in [5, 5.41) is 19.0. The average Bonchev–Trinajstić information content (AvgIpc) is 3.16. The van der Waals surface area contributed by atoms with Crippen molar-refractivity contribution in [2.45, 2.75) is 24.7 Å². The van der Waals surface area contributed by atoms with E-state index in [2.05, 4.69) is 15.7 Å². The molecular weight excluding hydrogens is 413 g/mol. The average molecular weight is 432 g/mol. The Morgan fingerprint density at radius 1 is 1.23 bits per heavy atom. The maximum absolute atomic E-state index is 13.8. The molecule has 7 nitrogen and oxygen atoms in total. The van der Waals surface area contributed by atoms with E-state index in [1.807, 2.05) is 0 Å². The molecule has 0 bridgehead atoms. The molecular formula is C21H19F3N4O3. The fourth-order valence-corrected chi connectivity index (χ4v) is 3.52. The number of amides is 1. The van der Waals surface area contributed by atoms with Crippen molar-refractivity contribution in [3.05, 3.63) is 65.9 Å². The molecule has 0 aliphatic carbocycles. The first-order valence-electron chi connectivity index (χ1n) is 9.42. The molecule has 0 fully saturated rings. The summed E-state index contributed by atoms with van der Waals surface area (Å²) in [6, 6.07) is 11.4. The topological polar surface area (TPSA) is 88.4 Å². The highest BCUT2D eigenvalue weighted by atomic mass is 19.4. The zero-order valence-corrected chi connectivity index (χ0v) is 16.3. The largest absolute Gasteiger partial charge is 0.508 e. The molecule has 4 rings (SSSR count). The smallest absolute Gasteiger partial charge is 0.410 e. The lowest BCUT2D eigenvalue weighted by Crippen LogP contribution is -2.35. The minimum absolute atomic E-state index is 0.0527. The highest BCUT2D eigenvalue weighted by molar-refractivity contribution is 6.03. The number of carbonyl (C=O) groups is 1. The van der Waals surface area contributed by atoms with E-state index in [1.165, 1.54) is 31.4 Å². The number of hydrogen-bond acceptors (Lipinski definition) is 5. The molecule has 0 saturated heterocycles. The summed E-state index contributed by atoms with van der Waals surface area (Å²) in [6.45, 7) is 0. The predicted octanol–water partition coefficient (Wildman–Crippen LogP) is 4.51. The third-order valence-electron chi connectivity index (χ3n) is 5.04. The summed E-state index contributed by atoms with van der Waals surface area (Å²) in [4.78, 5) is 12.5. The number of nitrogens with one attached hydrogen (secondary N) is 2. The number of aromatic nitrogens is 2. The second-order valence-electron chi connectivity index (χ2n) is 7.13. The number of phenols is 1. The maximum Gasteiger partial charge on any atom is 0.410 e. The molecule has 1 aliphatic rings. The van der Waals surface area contributed by atoms with Crippen LogP contribution >= 0.6 is 0 Å². The minimum Gasteiger partial charge on any atom is -0.508 e. The van der Waals surface area contributed by atoms with E-state index in [0.29, 0.717) is 17.0 Å². The van der Waals surface area contributed by atoms with Gasteiger partial charge in [-0.05, 0) is 29.8 Å². The molecule has 2 atom stereocenters. The fraction of sp³-hybridized carbons (Fsp3) is 0.238. The summed E-state index contributed by atoms with van der Waals surface area (Å²) >= 11 is 0. The van der Waals surface area contributed by atoms with E-state index < -0.39 is 24.2 Å². The number of phenolic OH excluding ortho intramolecular Hbond substituents is 1. The van der Waals surface area contributed by atoms with Gasteiger partial charge in [0, 0.05) is 24.2 Å². The lowest BCUT2D eigenvalue weighted by atomic mass is 9.97. The van der Waals surface area contributed by atoms with Crippen molar-refractivity contribution in [3.63, 3.8) is 0 Å². The van der Waals surface area contributed by atoms with Crippen molar-refractivity contribution < 1.29 is 27.8 Å². The first kappa shape index (κ1) is 20.6. The lowest BCUT2D eigenvalue weighted by Gasteiger charge is -2.33. The van der Waals surface area contributed by atoms with Crippen molar-refractivity contribution in [2.75, 3.05) is 17.7 Å². The van der Waals surface area contributed by atoms with Gasteiger partial charge in [-0.1, -0.05) is 18.2 Å². The number of aromatic hydroxyl groups is 1. The molecule has 2 heterocycles. The SMILES string of the molecule is COc1ccc(C2CC(C(F)(F)F)n3nc(C(=O)Nc4cccc(O)c4)cc3N2)cc1.